The van der Waals surface area contributed by atoms with Crippen LogP contribution in [0.3, 0.4) is 0 Å². The van der Waals surface area contributed by atoms with Gasteiger partial charge in [-0.15, -0.1) is 0 Å². The maximum absolute atomic E-state index is 13.5. The van der Waals surface area contributed by atoms with Gasteiger partial charge in [0.1, 0.15) is 11.6 Å². The molecule has 0 aliphatic heterocycles. The summed E-state index contributed by atoms with van der Waals surface area (Å²) in [6, 6.07) is 10.2. The van der Waals surface area contributed by atoms with Gasteiger partial charge in [-0.25, -0.2) is 14.4 Å². The third kappa shape index (κ3) is 1.35. The molecule has 78 valence electrons. The highest BCUT2D eigenvalue weighted by Gasteiger charge is 2.08. The summed E-state index contributed by atoms with van der Waals surface area (Å²) in [4.78, 5) is 11.4. The van der Waals surface area contributed by atoms with Crippen molar-refractivity contribution < 1.29 is 4.39 Å². The number of rotatable bonds is 1. The minimum Gasteiger partial charge on any atom is -0.336 e. The van der Waals surface area contributed by atoms with E-state index in [0.29, 0.717) is 17.0 Å². The Morgan fingerprint density at radius 1 is 1.06 bits per heavy atom. The first-order valence-electron chi connectivity index (χ1n) is 4.90. The summed E-state index contributed by atoms with van der Waals surface area (Å²) in [6.07, 6.45) is 1.66. The standard InChI is InChI=1S/C12H8FN3/c13-9-5-2-1-4-8(9)11-15-10-6-3-7-14-12(10)16-11/h1-7H,(H,14,15,16). The number of aromatic nitrogens is 3. The van der Waals surface area contributed by atoms with Crippen molar-refractivity contribution in [1.29, 1.82) is 0 Å². The van der Waals surface area contributed by atoms with Gasteiger partial charge in [-0.05, 0) is 24.3 Å². The lowest BCUT2D eigenvalue weighted by Gasteiger charge is -1.96. The molecule has 0 saturated heterocycles. The normalized spacial score (nSPS) is 10.8. The van der Waals surface area contributed by atoms with Crippen molar-refractivity contribution in [2.24, 2.45) is 0 Å². The van der Waals surface area contributed by atoms with Crippen LogP contribution in [0, 0.1) is 5.82 Å². The SMILES string of the molecule is Fc1ccccc1-c1nc2ncccc2[nH]1. The Hall–Kier alpha value is -2.23. The molecular formula is C12H8FN3. The smallest absolute Gasteiger partial charge is 0.178 e. The predicted molar refractivity (Wildman–Crippen MR) is 59.3 cm³/mol. The van der Waals surface area contributed by atoms with Crippen molar-refractivity contribution in [3.05, 3.63) is 48.4 Å². The van der Waals surface area contributed by atoms with Crippen molar-refractivity contribution in [1.82, 2.24) is 15.0 Å². The van der Waals surface area contributed by atoms with Gasteiger partial charge in [0.15, 0.2) is 5.65 Å². The first-order valence-corrected chi connectivity index (χ1v) is 4.90. The molecule has 4 heteroatoms. The van der Waals surface area contributed by atoms with E-state index in [4.69, 9.17) is 0 Å². The highest BCUT2D eigenvalue weighted by Crippen LogP contribution is 2.21. The minimum atomic E-state index is -0.290. The minimum absolute atomic E-state index is 0.290. The monoisotopic (exact) mass is 213 g/mol. The van der Waals surface area contributed by atoms with Crippen molar-refractivity contribution in [2.45, 2.75) is 0 Å². The second-order valence-electron chi connectivity index (χ2n) is 3.44. The zero-order valence-electron chi connectivity index (χ0n) is 8.31. The fourth-order valence-electron chi connectivity index (χ4n) is 1.63. The van der Waals surface area contributed by atoms with Gasteiger partial charge in [0.25, 0.3) is 0 Å². The zero-order chi connectivity index (χ0) is 11.0. The van der Waals surface area contributed by atoms with E-state index >= 15 is 0 Å². The molecule has 0 radical (unpaired) electrons. The summed E-state index contributed by atoms with van der Waals surface area (Å²) in [7, 11) is 0. The number of pyridine rings is 1. The molecule has 0 amide bonds. The maximum atomic E-state index is 13.5. The van der Waals surface area contributed by atoms with E-state index in [1.54, 1.807) is 24.4 Å². The van der Waals surface area contributed by atoms with E-state index in [0.717, 1.165) is 5.52 Å². The molecule has 1 N–H and O–H groups in total. The van der Waals surface area contributed by atoms with Gasteiger partial charge in [0, 0.05) is 6.20 Å². The molecule has 0 spiro atoms. The maximum Gasteiger partial charge on any atom is 0.178 e. The summed E-state index contributed by atoms with van der Waals surface area (Å²) in [5.41, 5.74) is 1.86. The van der Waals surface area contributed by atoms with Gasteiger partial charge in [0.05, 0.1) is 11.1 Å². The molecule has 1 aromatic carbocycles. The zero-order valence-corrected chi connectivity index (χ0v) is 8.31. The van der Waals surface area contributed by atoms with Crippen LogP contribution in [0.5, 0.6) is 0 Å². The van der Waals surface area contributed by atoms with Crippen molar-refractivity contribution >= 4 is 11.2 Å². The molecule has 0 bridgehead atoms. The van der Waals surface area contributed by atoms with E-state index in [1.165, 1.54) is 6.07 Å². The van der Waals surface area contributed by atoms with Crippen molar-refractivity contribution in [3.8, 4) is 11.4 Å². The van der Waals surface area contributed by atoms with E-state index in [9.17, 15) is 4.39 Å². The fourth-order valence-corrected chi connectivity index (χ4v) is 1.63. The van der Waals surface area contributed by atoms with Crippen molar-refractivity contribution in [2.75, 3.05) is 0 Å². The first-order chi connectivity index (χ1) is 7.84. The number of imidazole rings is 1. The summed E-state index contributed by atoms with van der Waals surface area (Å²) in [5, 5.41) is 0. The van der Waals surface area contributed by atoms with Crippen LogP contribution in [0.2, 0.25) is 0 Å². The molecule has 3 aromatic rings. The van der Waals surface area contributed by atoms with E-state index in [1.807, 2.05) is 12.1 Å². The quantitative estimate of drug-likeness (QED) is 0.675. The van der Waals surface area contributed by atoms with Crippen LogP contribution < -0.4 is 0 Å². The Morgan fingerprint density at radius 3 is 2.75 bits per heavy atom. The Bertz CT molecular complexity index is 612. The average molecular weight is 213 g/mol. The number of halogens is 1. The topological polar surface area (TPSA) is 41.6 Å². The van der Waals surface area contributed by atoms with Crippen LogP contribution in [0.25, 0.3) is 22.6 Å². The molecule has 2 aromatic heterocycles. The molecule has 0 fully saturated rings. The number of nitrogens with one attached hydrogen (secondary N) is 1. The highest BCUT2D eigenvalue weighted by atomic mass is 19.1. The summed E-state index contributed by atoms with van der Waals surface area (Å²) in [5.74, 6) is 0.216. The second kappa shape index (κ2) is 3.41. The lowest BCUT2D eigenvalue weighted by atomic mass is 10.2. The van der Waals surface area contributed by atoms with E-state index in [-0.39, 0.29) is 5.82 Å². The van der Waals surface area contributed by atoms with Crippen LogP contribution in [0.1, 0.15) is 0 Å². The molecule has 0 saturated carbocycles. The molecule has 3 nitrogen and oxygen atoms in total. The summed E-state index contributed by atoms with van der Waals surface area (Å²) >= 11 is 0. The lowest BCUT2D eigenvalue weighted by molar-refractivity contribution is 0.630. The Kier molecular flexibility index (Phi) is 1.93. The summed E-state index contributed by atoms with van der Waals surface area (Å²) in [6.45, 7) is 0. The Morgan fingerprint density at radius 2 is 1.94 bits per heavy atom. The third-order valence-corrected chi connectivity index (χ3v) is 2.39. The highest BCUT2D eigenvalue weighted by molar-refractivity contribution is 5.75. The first kappa shape index (κ1) is 9.03. The number of hydrogen-bond donors (Lipinski definition) is 1. The number of H-pyrrole nitrogens is 1. The fraction of sp³-hybridized carbons (Fsp3) is 0. The van der Waals surface area contributed by atoms with Crippen LogP contribution in [0.4, 0.5) is 4.39 Å². The molecule has 16 heavy (non-hydrogen) atoms. The number of benzene rings is 1. The number of hydrogen-bond acceptors (Lipinski definition) is 2. The largest absolute Gasteiger partial charge is 0.336 e. The van der Waals surface area contributed by atoms with Crippen LogP contribution >= 0.6 is 0 Å². The van der Waals surface area contributed by atoms with Crippen molar-refractivity contribution in [3.63, 3.8) is 0 Å². The predicted octanol–water partition coefficient (Wildman–Crippen LogP) is 2.76. The van der Waals surface area contributed by atoms with Crippen LogP contribution in [0.15, 0.2) is 42.6 Å². The summed E-state index contributed by atoms with van der Waals surface area (Å²) < 4.78 is 13.5. The van der Waals surface area contributed by atoms with Gasteiger partial charge in [-0.2, -0.15) is 0 Å². The molecule has 2 heterocycles. The van der Waals surface area contributed by atoms with Gasteiger partial charge < -0.3 is 4.98 Å². The molecule has 0 aliphatic rings. The molecule has 0 unspecified atom stereocenters. The Labute approximate surface area is 91.0 Å². The third-order valence-electron chi connectivity index (χ3n) is 2.39. The van der Waals surface area contributed by atoms with Gasteiger partial charge in [-0.1, -0.05) is 12.1 Å². The second-order valence-corrected chi connectivity index (χ2v) is 3.44. The molecule has 0 aliphatic carbocycles. The van der Waals surface area contributed by atoms with Crippen LogP contribution in [-0.2, 0) is 0 Å². The van der Waals surface area contributed by atoms with Gasteiger partial charge in [-0.3, -0.25) is 0 Å². The molecular weight excluding hydrogens is 205 g/mol. The van der Waals surface area contributed by atoms with Gasteiger partial charge >= 0.3 is 0 Å². The van der Waals surface area contributed by atoms with E-state index in [2.05, 4.69) is 15.0 Å². The lowest BCUT2D eigenvalue weighted by Crippen LogP contribution is -1.84. The Balaban J connectivity index is 2.23. The number of fused-ring (bicyclic) bond motifs is 1. The van der Waals surface area contributed by atoms with E-state index < -0.39 is 0 Å². The molecule has 3 rings (SSSR count). The number of aromatic amines is 1. The average Bonchev–Trinajstić information content (AvgIpc) is 2.73. The molecule has 0 atom stereocenters. The van der Waals surface area contributed by atoms with Crippen LogP contribution in [-0.4, -0.2) is 15.0 Å². The van der Waals surface area contributed by atoms with Gasteiger partial charge in [0.2, 0.25) is 0 Å². The number of nitrogens with zero attached hydrogens (tertiary/aromatic N) is 2.